The molecule has 114 valence electrons. The molecule has 3 heteroatoms. The van der Waals surface area contributed by atoms with Crippen LogP contribution in [0, 0.1) is 12.8 Å². The lowest BCUT2D eigenvalue weighted by molar-refractivity contribution is 0.428. The molecule has 0 radical (unpaired) electrons. The molecule has 1 aromatic heterocycles. The van der Waals surface area contributed by atoms with Gasteiger partial charge >= 0.3 is 0 Å². The Hall–Kier alpha value is -1.77. The van der Waals surface area contributed by atoms with Crippen molar-refractivity contribution >= 4 is 0 Å². The van der Waals surface area contributed by atoms with E-state index >= 15 is 0 Å². The van der Waals surface area contributed by atoms with Crippen molar-refractivity contribution in [1.29, 1.82) is 0 Å². The molecule has 0 aliphatic heterocycles. The summed E-state index contributed by atoms with van der Waals surface area (Å²) < 4.78 is 1.98. The highest BCUT2D eigenvalue weighted by Crippen LogP contribution is 2.34. The molecule has 0 aliphatic carbocycles. The summed E-state index contributed by atoms with van der Waals surface area (Å²) in [7, 11) is 0. The van der Waals surface area contributed by atoms with Crippen LogP contribution in [0.15, 0.2) is 24.3 Å². The van der Waals surface area contributed by atoms with Crippen LogP contribution in [0.3, 0.4) is 0 Å². The van der Waals surface area contributed by atoms with E-state index in [0.29, 0.717) is 5.92 Å². The first-order chi connectivity index (χ1) is 10.0. The van der Waals surface area contributed by atoms with Crippen LogP contribution in [0.25, 0.3) is 11.3 Å². The predicted molar refractivity (Wildman–Crippen MR) is 87.5 cm³/mol. The second-order valence-corrected chi connectivity index (χ2v) is 6.14. The second-order valence-electron chi connectivity index (χ2n) is 6.14. The first-order valence-corrected chi connectivity index (χ1v) is 7.89. The fourth-order valence-corrected chi connectivity index (χ4v) is 2.69. The minimum atomic E-state index is 0.193. The van der Waals surface area contributed by atoms with E-state index in [1.165, 1.54) is 11.1 Å². The van der Waals surface area contributed by atoms with Crippen LogP contribution in [0.1, 0.15) is 44.7 Å². The Morgan fingerprint density at radius 1 is 1.24 bits per heavy atom. The van der Waals surface area contributed by atoms with E-state index in [9.17, 15) is 5.11 Å². The summed E-state index contributed by atoms with van der Waals surface area (Å²) in [5.41, 5.74) is 4.47. The third-order valence-corrected chi connectivity index (χ3v) is 3.77. The van der Waals surface area contributed by atoms with Gasteiger partial charge < -0.3 is 5.11 Å². The zero-order chi connectivity index (χ0) is 15.4. The van der Waals surface area contributed by atoms with Crippen LogP contribution in [0.4, 0.5) is 0 Å². The summed E-state index contributed by atoms with van der Waals surface area (Å²) in [5, 5.41) is 14.7. The van der Waals surface area contributed by atoms with Gasteiger partial charge in [-0.2, -0.15) is 0 Å². The lowest BCUT2D eigenvalue weighted by atomic mass is 9.97. The van der Waals surface area contributed by atoms with Gasteiger partial charge in [0.25, 0.3) is 0 Å². The monoisotopic (exact) mass is 286 g/mol. The topological polar surface area (TPSA) is 38.0 Å². The number of aryl methyl sites for hydroxylation is 2. The summed E-state index contributed by atoms with van der Waals surface area (Å²) >= 11 is 0. The van der Waals surface area contributed by atoms with Gasteiger partial charge in [0.2, 0.25) is 5.88 Å². The fourth-order valence-electron chi connectivity index (χ4n) is 2.69. The van der Waals surface area contributed by atoms with E-state index in [4.69, 9.17) is 0 Å². The normalized spacial score (nSPS) is 11.3. The summed E-state index contributed by atoms with van der Waals surface area (Å²) in [5.74, 6) is 0.681. The first-order valence-electron chi connectivity index (χ1n) is 7.89. The second kappa shape index (κ2) is 6.79. The van der Waals surface area contributed by atoms with Gasteiger partial charge in [-0.05, 0) is 31.2 Å². The number of hydrogen-bond donors (Lipinski definition) is 1. The van der Waals surface area contributed by atoms with Gasteiger partial charge in [0.1, 0.15) is 0 Å². The van der Waals surface area contributed by atoms with Crippen LogP contribution in [0.2, 0.25) is 0 Å². The lowest BCUT2D eigenvalue weighted by Crippen LogP contribution is -2.04. The van der Waals surface area contributed by atoms with E-state index in [1.54, 1.807) is 0 Å². The van der Waals surface area contributed by atoms with Gasteiger partial charge in [0.15, 0.2) is 0 Å². The number of hydrogen-bond acceptors (Lipinski definition) is 2. The van der Waals surface area contributed by atoms with Gasteiger partial charge in [-0.25, -0.2) is 0 Å². The molecule has 21 heavy (non-hydrogen) atoms. The maximum atomic E-state index is 10.3. The van der Waals surface area contributed by atoms with Crippen molar-refractivity contribution in [3.05, 3.63) is 35.4 Å². The Kier molecular flexibility index (Phi) is 5.05. The smallest absolute Gasteiger partial charge is 0.234 e. The molecule has 3 nitrogen and oxygen atoms in total. The zero-order valence-electron chi connectivity index (χ0n) is 13.6. The molecular formula is C18H26N2O. The number of unbranched alkanes of at least 4 members (excludes halogenated alkanes) is 1. The average molecular weight is 286 g/mol. The fraction of sp³-hybridized carbons (Fsp3) is 0.500. The van der Waals surface area contributed by atoms with Gasteiger partial charge in [-0.3, -0.25) is 4.68 Å². The van der Waals surface area contributed by atoms with Gasteiger partial charge in [0, 0.05) is 17.7 Å². The molecule has 0 atom stereocenters. The standard InChI is InChI=1S/C18H26N2O/c1-5-6-11-20-17(15-10-8-7-9-14(15)4)16(12-13(2)3)18(21)19-20/h7-10,13H,5-6,11-12H2,1-4H3,(H,19,21). The van der Waals surface area contributed by atoms with Gasteiger partial charge in [-0.1, -0.05) is 51.5 Å². The number of nitrogens with zero attached hydrogens (tertiary/aromatic N) is 2. The Morgan fingerprint density at radius 3 is 2.57 bits per heavy atom. The van der Waals surface area contributed by atoms with Crippen molar-refractivity contribution < 1.29 is 5.11 Å². The van der Waals surface area contributed by atoms with E-state index in [0.717, 1.165) is 37.1 Å². The Labute approximate surface area is 127 Å². The molecule has 1 N–H and O–H groups in total. The number of rotatable bonds is 6. The third kappa shape index (κ3) is 3.46. The van der Waals surface area contributed by atoms with Crippen molar-refractivity contribution in [3.63, 3.8) is 0 Å². The van der Waals surface area contributed by atoms with Crippen molar-refractivity contribution in [3.8, 4) is 17.1 Å². The zero-order valence-corrected chi connectivity index (χ0v) is 13.6. The van der Waals surface area contributed by atoms with E-state index in [-0.39, 0.29) is 5.88 Å². The molecule has 0 aliphatic rings. The van der Waals surface area contributed by atoms with Crippen LogP contribution in [-0.4, -0.2) is 14.9 Å². The summed E-state index contributed by atoms with van der Waals surface area (Å²) in [6.07, 6.45) is 3.04. The summed E-state index contributed by atoms with van der Waals surface area (Å²) in [6.45, 7) is 9.48. The van der Waals surface area contributed by atoms with E-state index in [1.807, 2.05) is 10.7 Å². The quantitative estimate of drug-likeness (QED) is 0.845. The summed E-state index contributed by atoms with van der Waals surface area (Å²) in [4.78, 5) is 0. The number of aromatic hydroxyl groups is 1. The molecule has 0 fully saturated rings. The summed E-state index contributed by atoms with van der Waals surface area (Å²) in [6, 6.07) is 8.34. The number of aromatic nitrogens is 2. The van der Waals surface area contributed by atoms with Gasteiger partial charge in [-0.15, -0.1) is 5.10 Å². The first kappa shape index (κ1) is 15.6. The molecule has 2 aromatic rings. The predicted octanol–water partition coefficient (Wildman–Crippen LogP) is 4.56. The third-order valence-electron chi connectivity index (χ3n) is 3.77. The van der Waals surface area contributed by atoms with Crippen LogP contribution >= 0.6 is 0 Å². The molecule has 0 unspecified atom stereocenters. The molecule has 0 amide bonds. The van der Waals surface area contributed by atoms with E-state index in [2.05, 4.69) is 51.0 Å². The van der Waals surface area contributed by atoms with Crippen LogP contribution < -0.4 is 0 Å². The average Bonchev–Trinajstić information content (AvgIpc) is 2.73. The highest BCUT2D eigenvalue weighted by Gasteiger charge is 2.20. The van der Waals surface area contributed by atoms with E-state index < -0.39 is 0 Å². The van der Waals surface area contributed by atoms with Crippen molar-refractivity contribution in [2.45, 2.75) is 53.5 Å². The lowest BCUT2D eigenvalue weighted by Gasteiger charge is -2.12. The van der Waals surface area contributed by atoms with Crippen molar-refractivity contribution in [1.82, 2.24) is 9.78 Å². The molecule has 2 rings (SSSR count). The Morgan fingerprint density at radius 2 is 1.95 bits per heavy atom. The van der Waals surface area contributed by atoms with Crippen LogP contribution in [-0.2, 0) is 13.0 Å². The molecular weight excluding hydrogens is 260 g/mol. The molecule has 1 aromatic carbocycles. The van der Waals surface area contributed by atoms with Crippen molar-refractivity contribution in [2.75, 3.05) is 0 Å². The molecule has 0 bridgehead atoms. The largest absolute Gasteiger partial charge is 0.492 e. The number of benzene rings is 1. The maximum absolute atomic E-state index is 10.3. The minimum absolute atomic E-state index is 0.193. The Balaban J connectivity index is 2.56. The molecule has 0 spiro atoms. The van der Waals surface area contributed by atoms with Crippen molar-refractivity contribution in [2.24, 2.45) is 5.92 Å². The Bertz CT molecular complexity index is 599. The van der Waals surface area contributed by atoms with Gasteiger partial charge in [0.05, 0.1) is 5.69 Å². The molecule has 1 heterocycles. The molecule has 0 saturated heterocycles. The maximum Gasteiger partial charge on any atom is 0.234 e. The van der Waals surface area contributed by atoms with Crippen LogP contribution in [0.5, 0.6) is 5.88 Å². The highest BCUT2D eigenvalue weighted by atomic mass is 16.3. The minimum Gasteiger partial charge on any atom is -0.492 e. The SMILES string of the molecule is CCCCn1nc(O)c(CC(C)C)c1-c1ccccc1C. The highest BCUT2D eigenvalue weighted by molar-refractivity contribution is 5.69. The molecule has 0 saturated carbocycles.